The van der Waals surface area contributed by atoms with Gasteiger partial charge in [0.15, 0.2) is 6.10 Å². The molecule has 0 aliphatic rings. The van der Waals surface area contributed by atoms with Crippen LogP contribution in [0.4, 0.5) is 0 Å². The summed E-state index contributed by atoms with van der Waals surface area (Å²) in [6, 6.07) is 0. The molecule has 54 heavy (non-hydrogen) atoms. The minimum absolute atomic E-state index is 0.0639. The van der Waals surface area contributed by atoms with Crippen molar-refractivity contribution in [3.8, 4) is 0 Å². The minimum atomic E-state index is -4.27. The van der Waals surface area contributed by atoms with E-state index in [0.717, 1.165) is 44.9 Å². The van der Waals surface area contributed by atoms with Crippen molar-refractivity contribution in [2.45, 2.75) is 232 Å². The highest BCUT2D eigenvalue weighted by Crippen LogP contribution is 2.43. The van der Waals surface area contributed by atoms with Gasteiger partial charge in [-0.25, -0.2) is 4.57 Å². The average molecular weight is 786 g/mol. The Morgan fingerprint density at radius 2 is 0.944 bits per heavy atom. The number of hydrogen-bond acceptors (Lipinski definition) is 7. The first-order valence-electron chi connectivity index (χ1n) is 22.9. The molecule has 3 N–H and O–H groups in total. The molecule has 0 amide bonds. The Morgan fingerprint density at radius 1 is 0.556 bits per heavy atom. The zero-order valence-corrected chi connectivity index (χ0v) is 36.4. The van der Waals surface area contributed by atoms with Crippen molar-refractivity contribution >= 4 is 13.8 Å². The Balaban J connectivity index is 4.01. The number of unbranched alkanes of at least 4 members (excludes halogenated alkanes) is 29. The fourth-order valence-corrected chi connectivity index (χ4v) is 7.27. The third kappa shape index (κ3) is 42.0. The van der Waals surface area contributed by atoms with Crippen molar-refractivity contribution < 1.29 is 32.8 Å². The van der Waals surface area contributed by atoms with Gasteiger partial charge in [-0.15, -0.1) is 0 Å². The van der Waals surface area contributed by atoms with Gasteiger partial charge < -0.3 is 20.1 Å². The molecule has 0 rings (SSSR count). The van der Waals surface area contributed by atoms with Gasteiger partial charge in [0.1, 0.15) is 6.61 Å². The van der Waals surface area contributed by atoms with E-state index in [4.69, 9.17) is 24.3 Å². The van der Waals surface area contributed by atoms with Gasteiger partial charge in [0.25, 0.3) is 0 Å². The highest BCUT2D eigenvalue weighted by atomic mass is 31.2. The SMILES string of the molecule is CCCCCCCCC=CCCCCCCC=CO[C@H](COC(=O)CCCCCCCCCCCCCCCCCCCCC)COP(=O)(O)OCCN. The summed E-state index contributed by atoms with van der Waals surface area (Å²) in [5, 5.41) is 0. The van der Waals surface area contributed by atoms with E-state index >= 15 is 0 Å². The zero-order chi connectivity index (χ0) is 39.5. The molecule has 0 radical (unpaired) electrons. The summed E-state index contributed by atoms with van der Waals surface area (Å²) in [6.07, 6.45) is 48.7. The Labute approximate surface area is 334 Å². The normalized spacial score (nSPS) is 13.6. The smallest absolute Gasteiger partial charge is 0.472 e. The molecule has 0 aromatic carbocycles. The number of allylic oxidation sites excluding steroid dienone is 3. The largest absolute Gasteiger partial charge is 0.492 e. The van der Waals surface area contributed by atoms with Crippen LogP contribution in [0.1, 0.15) is 226 Å². The summed E-state index contributed by atoms with van der Waals surface area (Å²) in [4.78, 5) is 22.3. The van der Waals surface area contributed by atoms with E-state index in [1.165, 1.54) is 161 Å². The van der Waals surface area contributed by atoms with Crippen LogP contribution in [-0.2, 0) is 27.9 Å². The number of rotatable bonds is 44. The third-order valence-electron chi connectivity index (χ3n) is 9.96. The van der Waals surface area contributed by atoms with E-state index < -0.39 is 13.9 Å². The maximum Gasteiger partial charge on any atom is 0.472 e. The quantitative estimate of drug-likeness (QED) is 0.0206. The monoisotopic (exact) mass is 786 g/mol. The van der Waals surface area contributed by atoms with Gasteiger partial charge in [-0.2, -0.15) is 0 Å². The number of phosphoric ester groups is 1. The Morgan fingerprint density at radius 3 is 1.37 bits per heavy atom. The molecule has 0 saturated heterocycles. The van der Waals surface area contributed by atoms with Crippen molar-refractivity contribution in [1.29, 1.82) is 0 Å². The number of carbonyl (C=O) groups is 1. The van der Waals surface area contributed by atoms with Crippen LogP contribution in [0.25, 0.3) is 0 Å². The molecular formula is C45H88NO7P. The number of carbonyl (C=O) groups excluding carboxylic acids is 1. The molecule has 0 aromatic heterocycles. The summed E-state index contributed by atoms with van der Waals surface area (Å²) in [6.45, 7) is 4.23. The average Bonchev–Trinajstić information content (AvgIpc) is 3.16. The topological polar surface area (TPSA) is 117 Å². The molecule has 0 fully saturated rings. The molecule has 320 valence electrons. The van der Waals surface area contributed by atoms with Crippen LogP contribution in [-0.4, -0.2) is 43.3 Å². The lowest BCUT2D eigenvalue weighted by Crippen LogP contribution is -2.25. The third-order valence-corrected chi connectivity index (χ3v) is 10.9. The fourth-order valence-electron chi connectivity index (χ4n) is 6.51. The van der Waals surface area contributed by atoms with Crippen LogP contribution in [0.2, 0.25) is 0 Å². The minimum Gasteiger partial charge on any atom is -0.492 e. The van der Waals surface area contributed by atoms with Crippen molar-refractivity contribution in [2.75, 3.05) is 26.4 Å². The predicted octanol–water partition coefficient (Wildman–Crippen LogP) is 14.0. The molecule has 2 atom stereocenters. The van der Waals surface area contributed by atoms with E-state index in [2.05, 4.69) is 26.0 Å². The highest BCUT2D eigenvalue weighted by Gasteiger charge is 2.24. The van der Waals surface area contributed by atoms with Gasteiger partial charge >= 0.3 is 13.8 Å². The first-order valence-corrected chi connectivity index (χ1v) is 24.4. The molecular weight excluding hydrogens is 697 g/mol. The first kappa shape index (κ1) is 52.8. The molecule has 0 bridgehead atoms. The second-order valence-corrected chi connectivity index (χ2v) is 16.8. The van der Waals surface area contributed by atoms with Crippen molar-refractivity contribution in [3.05, 3.63) is 24.5 Å². The molecule has 0 saturated carbocycles. The van der Waals surface area contributed by atoms with Crippen LogP contribution < -0.4 is 5.73 Å². The van der Waals surface area contributed by atoms with E-state index in [0.29, 0.717) is 6.42 Å². The van der Waals surface area contributed by atoms with Crippen LogP contribution in [0, 0.1) is 0 Å². The Hall–Kier alpha value is -1.18. The number of ether oxygens (including phenoxy) is 2. The van der Waals surface area contributed by atoms with Crippen molar-refractivity contribution in [3.63, 3.8) is 0 Å². The summed E-state index contributed by atoms with van der Waals surface area (Å²) in [5.41, 5.74) is 5.37. The lowest BCUT2D eigenvalue weighted by molar-refractivity contribution is -0.147. The number of hydrogen-bond donors (Lipinski definition) is 2. The second kappa shape index (κ2) is 43.0. The zero-order valence-electron chi connectivity index (χ0n) is 35.5. The number of nitrogens with two attached hydrogens (primary N) is 1. The Bertz CT molecular complexity index is 884. The van der Waals surface area contributed by atoms with Crippen LogP contribution in [0.5, 0.6) is 0 Å². The molecule has 0 heterocycles. The maximum absolute atomic E-state index is 12.4. The van der Waals surface area contributed by atoms with Gasteiger partial charge in [0.2, 0.25) is 0 Å². The van der Waals surface area contributed by atoms with Gasteiger partial charge in [-0.05, 0) is 51.0 Å². The van der Waals surface area contributed by atoms with Crippen LogP contribution in [0.3, 0.4) is 0 Å². The van der Waals surface area contributed by atoms with Crippen LogP contribution in [0.15, 0.2) is 24.5 Å². The number of phosphoric acid groups is 1. The molecule has 0 spiro atoms. The summed E-state index contributed by atoms with van der Waals surface area (Å²) in [5.74, 6) is -0.289. The molecule has 0 aliphatic heterocycles. The molecule has 1 unspecified atom stereocenters. The molecule has 8 nitrogen and oxygen atoms in total. The summed E-state index contributed by atoms with van der Waals surface area (Å²) in [7, 11) is -4.27. The van der Waals surface area contributed by atoms with Gasteiger partial charge in [0, 0.05) is 13.0 Å². The summed E-state index contributed by atoms with van der Waals surface area (Å²) < 4.78 is 33.2. The lowest BCUT2D eigenvalue weighted by Gasteiger charge is -2.19. The van der Waals surface area contributed by atoms with Gasteiger partial charge in [-0.3, -0.25) is 13.8 Å². The molecule has 0 aliphatic carbocycles. The predicted molar refractivity (Wildman–Crippen MR) is 229 cm³/mol. The van der Waals surface area contributed by atoms with E-state index in [1.54, 1.807) is 6.26 Å². The lowest BCUT2D eigenvalue weighted by atomic mass is 10.0. The van der Waals surface area contributed by atoms with Crippen molar-refractivity contribution in [1.82, 2.24) is 0 Å². The second-order valence-electron chi connectivity index (χ2n) is 15.3. The maximum atomic E-state index is 12.4. The van der Waals surface area contributed by atoms with Gasteiger partial charge in [-0.1, -0.05) is 187 Å². The van der Waals surface area contributed by atoms with Crippen molar-refractivity contribution in [2.24, 2.45) is 5.73 Å². The number of esters is 1. The first-order chi connectivity index (χ1) is 26.4. The van der Waals surface area contributed by atoms with Crippen LogP contribution >= 0.6 is 7.82 Å². The molecule has 9 heteroatoms. The standard InChI is InChI=1S/C45H88NO7P/c1-3-5-7-9-11-13-15-17-19-21-22-23-24-26-28-30-32-34-36-38-45(47)51-42-44(43-53-54(48,49)52-41-39-46)50-40-37-35-33-31-29-27-25-20-18-16-14-12-10-8-6-4-2/h18,20,37,40,44H,3-17,19,21-36,38-39,41-43,46H2,1-2H3,(H,48,49)/t44-/m1/s1. The van der Waals surface area contributed by atoms with Gasteiger partial charge in [0.05, 0.1) is 19.5 Å². The van der Waals surface area contributed by atoms with E-state index in [1.807, 2.05) is 6.08 Å². The summed E-state index contributed by atoms with van der Waals surface area (Å²) >= 11 is 0. The van der Waals surface area contributed by atoms with E-state index in [9.17, 15) is 14.3 Å². The van der Waals surface area contributed by atoms with E-state index in [-0.39, 0.29) is 32.3 Å². The highest BCUT2D eigenvalue weighted by molar-refractivity contribution is 7.47. The fraction of sp³-hybridized carbons (Fsp3) is 0.889. The molecule has 0 aromatic rings. The Kier molecular flexibility index (Phi) is 42.0.